The fourth-order valence-electron chi connectivity index (χ4n) is 1.99. The molecule has 19 heavy (non-hydrogen) atoms. The molecule has 2 N–H and O–H groups in total. The van der Waals surface area contributed by atoms with Crippen molar-refractivity contribution in [3.8, 4) is 0 Å². The molecule has 0 fully saturated rings. The Hall–Kier alpha value is -0.160. The molecule has 0 aromatic rings. The molecule has 0 bridgehead atoms. The van der Waals surface area contributed by atoms with Crippen LogP contribution in [0.25, 0.3) is 0 Å². The number of ether oxygens (including phenoxy) is 1. The van der Waals surface area contributed by atoms with E-state index in [0.717, 1.165) is 13.1 Å². The molecule has 0 aromatic heterocycles. The Morgan fingerprint density at radius 1 is 1.11 bits per heavy atom. The highest BCUT2D eigenvalue weighted by atomic mass is 16.5. The molecule has 116 valence electrons. The van der Waals surface area contributed by atoms with Gasteiger partial charge in [0.1, 0.15) is 0 Å². The first kappa shape index (κ1) is 18.8. The molecule has 0 aliphatic heterocycles. The van der Waals surface area contributed by atoms with Crippen molar-refractivity contribution in [2.24, 2.45) is 0 Å². The smallest absolute Gasteiger partial charge is 0.0897 e. The Morgan fingerprint density at radius 2 is 1.63 bits per heavy atom. The molecule has 1 unspecified atom stereocenters. The van der Waals surface area contributed by atoms with Gasteiger partial charge in [-0.1, -0.05) is 0 Å². The molecule has 0 amide bonds. The fraction of sp³-hybridized carbons (Fsp3) is 1.00. The van der Waals surface area contributed by atoms with Crippen LogP contribution in [0.2, 0.25) is 0 Å². The zero-order valence-electron chi connectivity index (χ0n) is 13.9. The van der Waals surface area contributed by atoms with Gasteiger partial charge in [-0.3, -0.25) is 4.90 Å². The lowest BCUT2D eigenvalue weighted by Gasteiger charge is -2.30. The van der Waals surface area contributed by atoms with Crippen molar-refractivity contribution in [2.75, 3.05) is 26.2 Å². The molecule has 0 spiro atoms. The molecule has 0 aliphatic rings. The average molecular weight is 274 g/mol. The van der Waals surface area contributed by atoms with Gasteiger partial charge in [0.15, 0.2) is 0 Å². The van der Waals surface area contributed by atoms with Crippen LogP contribution in [0.4, 0.5) is 0 Å². The molecular formula is C15H34N2O2. The van der Waals surface area contributed by atoms with E-state index in [1.165, 1.54) is 0 Å². The van der Waals surface area contributed by atoms with E-state index < -0.39 is 6.10 Å². The number of aliphatic hydroxyl groups excluding tert-OH is 1. The minimum atomic E-state index is -0.439. The van der Waals surface area contributed by atoms with Crippen molar-refractivity contribution in [3.63, 3.8) is 0 Å². The maximum atomic E-state index is 9.79. The topological polar surface area (TPSA) is 44.7 Å². The zero-order chi connectivity index (χ0) is 15.1. The highest BCUT2D eigenvalue weighted by Crippen LogP contribution is 2.07. The summed E-state index contributed by atoms with van der Waals surface area (Å²) in [6, 6.07) is 1.10. The molecule has 0 saturated heterocycles. The van der Waals surface area contributed by atoms with E-state index in [1.54, 1.807) is 0 Å². The number of hydrogen-bond acceptors (Lipinski definition) is 4. The van der Waals surface area contributed by atoms with Crippen molar-refractivity contribution in [3.05, 3.63) is 0 Å². The van der Waals surface area contributed by atoms with Crippen LogP contribution in [0.3, 0.4) is 0 Å². The third-order valence-corrected chi connectivity index (χ3v) is 2.96. The summed E-state index contributed by atoms with van der Waals surface area (Å²) < 4.78 is 5.55. The minimum Gasteiger partial charge on any atom is -0.389 e. The molecule has 0 rings (SSSR count). The molecule has 0 aliphatic carbocycles. The van der Waals surface area contributed by atoms with E-state index in [9.17, 15) is 5.11 Å². The minimum absolute atomic E-state index is 0.187. The van der Waals surface area contributed by atoms with Crippen LogP contribution in [0.15, 0.2) is 0 Å². The van der Waals surface area contributed by atoms with Crippen LogP contribution in [0.5, 0.6) is 0 Å². The molecule has 4 heteroatoms. The van der Waals surface area contributed by atoms with Gasteiger partial charge >= 0.3 is 0 Å². The van der Waals surface area contributed by atoms with Crippen molar-refractivity contribution in [1.29, 1.82) is 0 Å². The highest BCUT2D eigenvalue weighted by Gasteiger charge is 2.14. The SMILES string of the molecule is CC(C)N(CCNCC(O)COC(C)(C)C)C(C)C. The molecule has 0 heterocycles. The van der Waals surface area contributed by atoms with E-state index in [0.29, 0.717) is 25.2 Å². The second-order valence-electron chi connectivity index (χ2n) is 6.71. The quantitative estimate of drug-likeness (QED) is 0.630. The van der Waals surface area contributed by atoms with Crippen LogP contribution in [0.1, 0.15) is 48.5 Å². The Morgan fingerprint density at radius 3 is 2.05 bits per heavy atom. The van der Waals surface area contributed by atoms with Crippen LogP contribution in [0, 0.1) is 0 Å². The lowest BCUT2D eigenvalue weighted by atomic mass is 10.2. The fourth-order valence-corrected chi connectivity index (χ4v) is 1.99. The molecule has 0 radical (unpaired) electrons. The second-order valence-corrected chi connectivity index (χ2v) is 6.71. The maximum absolute atomic E-state index is 9.79. The standard InChI is InChI=1S/C15H34N2O2/c1-12(2)17(13(3)4)9-8-16-10-14(18)11-19-15(5,6)7/h12-14,16,18H,8-11H2,1-7H3. The van der Waals surface area contributed by atoms with Crippen molar-refractivity contribution >= 4 is 0 Å². The number of hydrogen-bond donors (Lipinski definition) is 2. The molecule has 0 aromatic carbocycles. The van der Waals surface area contributed by atoms with Gasteiger partial charge < -0.3 is 15.2 Å². The van der Waals surface area contributed by atoms with Gasteiger partial charge in [0, 0.05) is 31.7 Å². The van der Waals surface area contributed by atoms with Crippen LogP contribution < -0.4 is 5.32 Å². The van der Waals surface area contributed by atoms with Crippen LogP contribution in [-0.4, -0.2) is 60.0 Å². The first-order valence-corrected chi connectivity index (χ1v) is 7.42. The van der Waals surface area contributed by atoms with E-state index in [1.807, 2.05) is 20.8 Å². The highest BCUT2D eigenvalue weighted by molar-refractivity contribution is 4.69. The molecule has 0 saturated carbocycles. The van der Waals surface area contributed by atoms with Gasteiger partial charge in [0.2, 0.25) is 0 Å². The van der Waals surface area contributed by atoms with Crippen molar-refractivity contribution in [2.45, 2.75) is 72.3 Å². The van der Waals surface area contributed by atoms with Gasteiger partial charge in [0.05, 0.1) is 18.3 Å². The Balaban J connectivity index is 3.73. The lowest BCUT2D eigenvalue weighted by Crippen LogP contribution is -2.43. The van der Waals surface area contributed by atoms with Gasteiger partial charge in [-0.05, 0) is 48.5 Å². The van der Waals surface area contributed by atoms with E-state index in [2.05, 4.69) is 37.9 Å². The third-order valence-electron chi connectivity index (χ3n) is 2.96. The largest absolute Gasteiger partial charge is 0.389 e. The third kappa shape index (κ3) is 10.3. The number of rotatable bonds is 9. The molecular weight excluding hydrogens is 240 g/mol. The molecule has 4 nitrogen and oxygen atoms in total. The van der Waals surface area contributed by atoms with E-state index in [-0.39, 0.29) is 5.60 Å². The Labute approximate surface area is 119 Å². The number of aliphatic hydroxyl groups is 1. The van der Waals surface area contributed by atoms with Gasteiger partial charge in [0.25, 0.3) is 0 Å². The monoisotopic (exact) mass is 274 g/mol. The first-order chi connectivity index (χ1) is 8.63. The summed E-state index contributed by atoms with van der Waals surface area (Å²) in [7, 11) is 0. The second kappa shape index (κ2) is 8.90. The predicted molar refractivity (Wildman–Crippen MR) is 81.6 cm³/mol. The first-order valence-electron chi connectivity index (χ1n) is 7.42. The Kier molecular flexibility index (Phi) is 8.83. The normalized spacial score (nSPS) is 14.7. The van der Waals surface area contributed by atoms with Crippen molar-refractivity contribution < 1.29 is 9.84 Å². The van der Waals surface area contributed by atoms with Gasteiger partial charge in [-0.15, -0.1) is 0 Å². The summed E-state index contributed by atoms with van der Waals surface area (Å²) in [5, 5.41) is 13.1. The van der Waals surface area contributed by atoms with Crippen molar-refractivity contribution in [1.82, 2.24) is 10.2 Å². The molecule has 1 atom stereocenters. The number of nitrogens with zero attached hydrogens (tertiary/aromatic N) is 1. The average Bonchev–Trinajstić information content (AvgIpc) is 2.24. The summed E-state index contributed by atoms with van der Waals surface area (Å²) in [4.78, 5) is 2.44. The predicted octanol–water partition coefficient (Wildman–Crippen LogP) is 1.87. The number of nitrogens with one attached hydrogen (secondary N) is 1. The van der Waals surface area contributed by atoms with E-state index >= 15 is 0 Å². The van der Waals surface area contributed by atoms with Crippen LogP contribution >= 0.6 is 0 Å². The zero-order valence-corrected chi connectivity index (χ0v) is 13.9. The summed E-state index contributed by atoms with van der Waals surface area (Å²) in [5.74, 6) is 0. The summed E-state index contributed by atoms with van der Waals surface area (Å²) >= 11 is 0. The lowest BCUT2D eigenvalue weighted by molar-refractivity contribution is -0.0479. The maximum Gasteiger partial charge on any atom is 0.0897 e. The van der Waals surface area contributed by atoms with Gasteiger partial charge in [-0.2, -0.15) is 0 Å². The van der Waals surface area contributed by atoms with Crippen LogP contribution in [-0.2, 0) is 4.74 Å². The summed E-state index contributed by atoms with van der Waals surface area (Å²) in [6.45, 7) is 17.7. The van der Waals surface area contributed by atoms with Gasteiger partial charge in [-0.25, -0.2) is 0 Å². The summed E-state index contributed by atoms with van der Waals surface area (Å²) in [5.41, 5.74) is -0.187. The Bertz CT molecular complexity index is 217. The van der Waals surface area contributed by atoms with E-state index in [4.69, 9.17) is 4.74 Å². The summed E-state index contributed by atoms with van der Waals surface area (Å²) in [6.07, 6.45) is -0.439.